The lowest BCUT2D eigenvalue weighted by Gasteiger charge is -2.30. The number of amides is 2. The van der Waals surface area contributed by atoms with Crippen LogP contribution in [-0.4, -0.2) is 40.3 Å². The minimum atomic E-state index is -0.425. The fourth-order valence-electron chi connectivity index (χ4n) is 4.13. The highest BCUT2D eigenvalue weighted by atomic mass is 32.1. The van der Waals surface area contributed by atoms with Crippen LogP contribution in [0.1, 0.15) is 27.5 Å². The van der Waals surface area contributed by atoms with Crippen LogP contribution in [0.25, 0.3) is 22.2 Å². The summed E-state index contributed by atoms with van der Waals surface area (Å²) in [5.41, 5.74) is 5.34. The molecule has 0 spiro atoms. The molecule has 2 amide bonds. The van der Waals surface area contributed by atoms with E-state index in [0.717, 1.165) is 33.4 Å². The molecule has 1 aliphatic rings. The van der Waals surface area contributed by atoms with Crippen molar-refractivity contribution in [2.45, 2.75) is 12.8 Å². The summed E-state index contributed by atoms with van der Waals surface area (Å²) in [4.78, 5) is 35.1. The SMILES string of the molecule is Cc1[nH]c2ccccc2c1-c1csc(NC(=O)C2CN(C)C(=O)c3ccccc32)n1. The first-order valence-corrected chi connectivity index (χ1v) is 10.6. The molecule has 0 bridgehead atoms. The number of aryl methyl sites for hydroxylation is 1. The maximum absolute atomic E-state index is 13.1. The number of fused-ring (bicyclic) bond motifs is 2. The number of H-pyrrole nitrogens is 1. The van der Waals surface area contributed by atoms with Crippen LogP contribution < -0.4 is 5.32 Å². The van der Waals surface area contributed by atoms with E-state index >= 15 is 0 Å². The van der Waals surface area contributed by atoms with Gasteiger partial charge in [0.25, 0.3) is 5.91 Å². The predicted molar refractivity (Wildman–Crippen MR) is 119 cm³/mol. The van der Waals surface area contributed by atoms with Crippen molar-refractivity contribution in [2.75, 3.05) is 18.9 Å². The van der Waals surface area contributed by atoms with Gasteiger partial charge in [0.1, 0.15) is 0 Å². The van der Waals surface area contributed by atoms with Gasteiger partial charge in [-0.1, -0.05) is 36.4 Å². The first-order valence-electron chi connectivity index (χ1n) is 9.71. The molecule has 4 aromatic rings. The Bertz CT molecular complexity index is 1290. The second-order valence-electron chi connectivity index (χ2n) is 7.52. The molecule has 150 valence electrons. The first kappa shape index (κ1) is 18.6. The topological polar surface area (TPSA) is 78.1 Å². The number of anilines is 1. The van der Waals surface area contributed by atoms with Crippen LogP contribution in [0.4, 0.5) is 5.13 Å². The Morgan fingerprint density at radius 3 is 2.83 bits per heavy atom. The average Bonchev–Trinajstić information content (AvgIpc) is 3.33. The van der Waals surface area contributed by atoms with Crippen molar-refractivity contribution in [3.8, 4) is 11.3 Å². The number of rotatable bonds is 3. The molecule has 0 aliphatic carbocycles. The van der Waals surface area contributed by atoms with Crippen LogP contribution in [-0.2, 0) is 4.79 Å². The number of hydrogen-bond acceptors (Lipinski definition) is 4. The van der Waals surface area contributed by atoms with E-state index in [9.17, 15) is 9.59 Å². The van der Waals surface area contributed by atoms with E-state index in [2.05, 4.69) is 21.4 Å². The largest absolute Gasteiger partial charge is 0.358 e. The molecule has 5 rings (SSSR count). The molecule has 2 N–H and O–H groups in total. The van der Waals surface area contributed by atoms with Crippen molar-refractivity contribution in [1.82, 2.24) is 14.9 Å². The lowest BCUT2D eigenvalue weighted by molar-refractivity contribution is -0.117. The molecule has 30 heavy (non-hydrogen) atoms. The smallest absolute Gasteiger partial charge is 0.253 e. The maximum Gasteiger partial charge on any atom is 0.253 e. The molecule has 1 unspecified atom stereocenters. The number of carbonyl (C=O) groups excluding carboxylic acids is 2. The Morgan fingerprint density at radius 1 is 1.20 bits per heavy atom. The average molecular weight is 417 g/mol. The number of para-hydroxylation sites is 1. The molecule has 0 saturated heterocycles. The highest BCUT2D eigenvalue weighted by molar-refractivity contribution is 7.14. The molecule has 1 atom stereocenters. The summed E-state index contributed by atoms with van der Waals surface area (Å²) in [7, 11) is 1.72. The van der Waals surface area contributed by atoms with Crippen molar-refractivity contribution in [3.63, 3.8) is 0 Å². The zero-order valence-electron chi connectivity index (χ0n) is 16.6. The molecule has 2 aromatic heterocycles. The van der Waals surface area contributed by atoms with Gasteiger partial charge in [0.15, 0.2) is 5.13 Å². The van der Waals surface area contributed by atoms with Crippen LogP contribution >= 0.6 is 11.3 Å². The fourth-order valence-corrected chi connectivity index (χ4v) is 4.83. The zero-order valence-corrected chi connectivity index (χ0v) is 17.4. The van der Waals surface area contributed by atoms with Gasteiger partial charge < -0.3 is 15.2 Å². The number of hydrogen-bond donors (Lipinski definition) is 2. The van der Waals surface area contributed by atoms with E-state index in [1.165, 1.54) is 11.3 Å². The first-order chi connectivity index (χ1) is 14.5. The van der Waals surface area contributed by atoms with E-state index in [-0.39, 0.29) is 11.8 Å². The van der Waals surface area contributed by atoms with Crippen molar-refractivity contribution in [1.29, 1.82) is 0 Å². The fraction of sp³-hybridized carbons (Fsp3) is 0.174. The standard InChI is InChI=1S/C23H20N4O2S/c1-13-20(16-9-5-6-10-18(16)24-13)19-12-30-23(25-19)26-21(28)17-11-27(2)22(29)15-8-4-3-7-14(15)17/h3-10,12,17,24H,11H2,1-2H3,(H,25,26,28). The van der Waals surface area contributed by atoms with E-state index in [4.69, 9.17) is 0 Å². The number of nitrogens with zero attached hydrogens (tertiary/aromatic N) is 2. The van der Waals surface area contributed by atoms with Gasteiger partial charge in [-0.15, -0.1) is 11.3 Å². The lowest BCUT2D eigenvalue weighted by Crippen LogP contribution is -2.41. The van der Waals surface area contributed by atoms with Gasteiger partial charge in [-0.05, 0) is 24.6 Å². The highest BCUT2D eigenvalue weighted by Crippen LogP contribution is 2.34. The van der Waals surface area contributed by atoms with Gasteiger partial charge in [0, 0.05) is 46.7 Å². The number of carbonyl (C=O) groups is 2. The predicted octanol–water partition coefficient (Wildman–Crippen LogP) is 4.41. The summed E-state index contributed by atoms with van der Waals surface area (Å²) < 4.78 is 0. The number of aromatic amines is 1. The Balaban J connectivity index is 1.43. The summed E-state index contributed by atoms with van der Waals surface area (Å²) in [6, 6.07) is 15.4. The monoisotopic (exact) mass is 416 g/mol. The third-order valence-electron chi connectivity index (χ3n) is 5.57. The molecular weight excluding hydrogens is 396 g/mol. The zero-order chi connectivity index (χ0) is 20.8. The van der Waals surface area contributed by atoms with Crippen LogP contribution in [0.5, 0.6) is 0 Å². The third-order valence-corrected chi connectivity index (χ3v) is 6.33. The summed E-state index contributed by atoms with van der Waals surface area (Å²) in [5, 5.41) is 6.58. The van der Waals surface area contributed by atoms with E-state index < -0.39 is 5.92 Å². The van der Waals surface area contributed by atoms with Gasteiger partial charge in [-0.25, -0.2) is 4.98 Å². The Hall–Kier alpha value is -3.45. The number of aromatic nitrogens is 2. The van der Waals surface area contributed by atoms with Crippen LogP contribution in [0.3, 0.4) is 0 Å². The summed E-state index contributed by atoms with van der Waals surface area (Å²) in [5.74, 6) is -0.634. The van der Waals surface area contributed by atoms with E-state index in [1.54, 1.807) is 18.0 Å². The van der Waals surface area contributed by atoms with Gasteiger partial charge in [-0.3, -0.25) is 9.59 Å². The van der Waals surface area contributed by atoms with E-state index in [0.29, 0.717) is 17.2 Å². The molecule has 1 aliphatic heterocycles. The minimum Gasteiger partial charge on any atom is -0.358 e. The molecule has 7 heteroatoms. The van der Waals surface area contributed by atoms with Crippen molar-refractivity contribution < 1.29 is 9.59 Å². The van der Waals surface area contributed by atoms with Crippen LogP contribution in [0, 0.1) is 6.92 Å². The number of likely N-dealkylation sites (N-methyl/N-ethyl adjacent to an activating group) is 1. The van der Waals surface area contributed by atoms with Gasteiger partial charge >= 0.3 is 0 Å². The molecule has 0 saturated carbocycles. The third kappa shape index (κ3) is 2.98. The van der Waals surface area contributed by atoms with Crippen LogP contribution in [0.2, 0.25) is 0 Å². The molecule has 6 nitrogen and oxygen atoms in total. The van der Waals surface area contributed by atoms with Crippen LogP contribution in [0.15, 0.2) is 53.9 Å². The Morgan fingerprint density at radius 2 is 1.97 bits per heavy atom. The molecule has 0 fully saturated rings. The number of nitrogens with one attached hydrogen (secondary N) is 2. The summed E-state index contributed by atoms with van der Waals surface area (Å²) in [6.45, 7) is 2.38. The highest BCUT2D eigenvalue weighted by Gasteiger charge is 2.33. The van der Waals surface area contributed by atoms with Gasteiger partial charge in [0.05, 0.1) is 11.6 Å². The van der Waals surface area contributed by atoms with Gasteiger partial charge in [0.2, 0.25) is 5.91 Å². The lowest BCUT2D eigenvalue weighted by atomic mass is 9.89. The molecule has 0 radical (unpaired) electrons. The quantitative estimate of drug-likeness (QED) is 0.519. The van der Waals surface area contributed by atoms with Crippen molar-refractivity contribution in [2.24, 2.45) is 0 Å². The number of thiazole rings is 1. The number of benzene rings is 2. The van der Waals surface area contributed by atoms with Crippen molar-refractivity contribution >= 4 is 39.2 Å². The second-order valence-corrected chi connectivity index (χ2v) is 8.38. The Labute approximate surface area is 177 Å². The molecule has 3 heterocycles. The van der Waals surface area contributed by atoms with E-state index in [1.807, 2.05) is 48.7 Å². The minimum absolute atomic E-state index is 0.0546. The van der Waals surface area contributed by atoms with Crippen molar-refractivity contribution in [3.05, 3.63) is 70.7 Å². The summed E-state index contributed by atoms with van der Waals surface area (Å²) >= 11 is 1.40. The summed E-state index contributed by atoms with van der Waals surface area (Å²) in [6.07, 6.45) is 0. The molecule has 2 aromatic carbocycles. The maximum atomic E-state index is 13.1. The van der Waals surface area contributed by atoms with Gasteiger partial charge in [-0.2, -0.15) is 0 Å². The molecular formula is C23H20N4O2S. The Kier molecular flexibility index (Phi) is 4.40. The second kappa shape index (κ2) is 7.11. The normalized spacial score (nSPS) is 16.0.